The summed E-state index contributed by atoms with van der Waals surface area (Å²) in [6, 6.07) is 15.3. The van der Waals surface area contributed by atoms with Crippen LogP contribution in [0, 0.1) is 5.92 Å². The standard InChI is InChI=1S/C26H33NO.2ClH.Zr/c1-19-10-8-9-15-25(19)27-18-23-16-22(20-11-4-2-5-12-20)17-24(26(23)28)21-13-6-3-7-14-21;;;/h2,4-5,11-12,16-19,21,25,28H,3,6-10,13-15H2,1H3;2*1H;/q;;;+2/p-2. The third-order valence-corrected chi connectivity index (χ3v) is 6.79. The van der Waals surface area contributed by atoms with E-state index in [1.54, 1.807) is 0 Å². The predicted molar refractivity (Wildman–Crippen MR) is 130 cm³/mol. The Labute approximate surface area is 206 Å². The zero-order chi connectivity index (χ0) is 22.1. The van der Waals surface area contributed by atoms with E-state index in [2.05, 4.69) is 49.4 Å². The minimum absolute atomic E-state index is 0.395. The zero-order valence-corrected chi connectivity index (χ0v) is 22.3. The van der Waals surface area contributed by atoms with Crippen molar-refractivity contribution in [2.75, 3.05) is 0 Å². The van der Waals surface area contributed by atoms with Gasteiger partial charge in [-0.05, 0) is 66.3 Å². The summed E-state index contributed by atoms with van der Waals surface area (Å²) in [5, 5.41) is 11.1. The van der Waals surface area contributed by atoms with Gasteiger partial charge in [0.05, 0.1) is 6.04 Å². The molecule has 0 heterocycles. The molecular weight excluding hydrogens is 504 g/mol. The fraction of sp³-hybridized carbons (Fsp3) is 0.500. The van der Waals surface area contributed by atoms with E-state index in [1.165, 1.54) is 68.9 Å². The molecule has 0 bridgehead atoms. The van der Waals surface area contributed by atoms with Gasteiger partial charge >= 0.3 is 37.9 Å². The number of phenolic OH excluding ortho intramolecular Hbond substituents is 1. The van der Waals surface area contributed by atoms with Crippen molar-refractivity contribution in [1.82, 2.24) is 0 Å². The molecule has 0 radical (unpaired) electrons. The van der Waals surface area contributed by atoms with Gasteiger partial charge in [0.15, 0.2) is 0 Å². The molecule has 4 rings (SSSR count). The van der Waals surface area contributed by atoms with Gasteiger partial charge in [-0.3, -0.25) is 4.99 Å². The van der Waals surface area contributed by atoms with Gasteiger partial charge in [-0.1, -0.05) is 69.4 Å². The molecule has 2 nitrogen and oxygen atoms in total. The SMILES string of the molecule is CC1CCCCC1N=Cc1cc(-c2ccccc2)cc(C2CCCCC2)c1O.[Cl][Zr][Cl]. The Hall–Kier alpha value is -0.627. The summed E-state index contributed by atoms with van der Waals surface area (Å²) in [7, 11) is 9.87. The molecule has 2 aliphatic carbocycles. The van der Waals surface area contributed by atoms with E-state index < -0.39 is 20.8 Å². The first-order valence-corrected chi connectivity index (χ1v) is 17.9. The van der Waals surface area contributed by atoms with Crippen molar-refractivity contribution in [2.24, 2.45) is 10.9 Å². The number of hydrogen-bond acceptors (Lipinski definition) is 2. The van der Waals surface area contributed by atoms with Crippen molar-refractivity contribution < 1.29 is 26.0 Å². The van der Waals surface area contributed by atoms with Crippen molar-refractivity contribution >= 4 is 23.2 Å². The molecule has 2 aromatic carbocycles. The molecule has 0 amide bonds. The van der Waals surface area contributed by atoms with Gasteiger partial charge in [-0.15, -0.1) is 0 Å². The average Bonchev–Trinajstić information content (AvgIpc) is 2.81. The minimum atomic E-state index is -0.826. The molecule has 2 unspecified atom stereocenters. The summed E-state index contributed by atoms with van der Waals surface area (Å²) in [6.45, 7) is 2.31. The second-order valence-electron chi connectivity index (χ2n) is 8.88. The quantitative estimate of drug-likeness (QED) is 0.390. The third kappa shape index (κ3) is 7.18. The molecule has 2 saturated carbocycles. The fourth-order valence-electron chi connectivity index (χ4n) is 4.99. The van der Waals surface area contributed by atoms with E-state index in [4.69, 9.17) is 22.0 Å². The molecule has 166 valence electrons. The van der Waals surface area contributed by atoms with Gasteiger partial charge in [0, 0.05) is 11.8 Å². The number of rotatable bonds is 4. The van der Waals surface area contributed by atoms with Gasteiger partial charge in [0.1, 0.15) is 5.75 Å². The van der Waals surface area contributed by atoms with Crippen LogP contribution in [0.4, 0.5) is 0 Å². The second-order valence-corrected chi connectivity index (χ2v) is 12.6. The number of benzene rings is 2. The predicted octanol–water partition coefficient (Wildman–Crippen LogP) is 8.48. The summed E-state index contributed by atoms with van der Waals surface area (Å²) in [5.41, 5.74) is 4.41. The Bertz CT molecular complexity index is 837. The van der Waals surface area contributed by atoms with Gasteiger partial charge in [-0.2, -0.15) is 0 Å². The van der Waals surface area contributed by atoms with Crippen molar-refractivity contribution in [3.8, 4) is 16.9 Å². The summed E-state index contributed by atoms with van der Waals surface area (Å²) < 4.78 is 0. The third-order valence-electron chi connectivity index (χ3n) is 6.79. The molecule has 2 atom stereocenters. The van der Waals surface area contributed by atoms with Crippen molar-refractivity contribution in [1.29, 1.82) is 0 Å². The summed E-state index contributed by atoms with van der Waals surface area (Å²) in [5.74, 6) is 1.57. The van der Waals surface area contributed by atoms with E-state index in [-0.39, 0.29) is 0 Å². The molecule has 2 fully saturated rings. The van der Waals surface area contributed by atoms with Crippen LogP contribution in [-0.2, 0) is 20.8 Å². The molecule has 0 spiro atoms. The normalized spacial score (nSPS) is 22.0. The molecule has 2 aliphatic rings. The van der Waals surface area contributed by atoms with Gasteiger partial charge < -0.3 is 5.11 Å². The Balaban J connectivity index is 0.000000858. The van der Waals surface area contributed by atoms with Gasteiger partial charge in [0.2, 0.25) is 0 Å². The first kappa shape index (κ1) is 25.0. The topological polar surface area (TPSA) is 32.6 Å². The van der Waals surface area contributed by atoms with E-state index in [9.17, 15) is 5.11 Å². The maximum atomic E-state index is 11.1. The summed E-state index contributed by atoms with van der Waals surface area (Å²) in [4.78, 5) is 4.93. The van der Waals surface area contributed by atoms with Crippen molar-refractivity contribution in [3.63, 3.8) is 0 Å². The van der Waals surface area contributed by atoms with Crippen LogP contribution in [0.5, 0.6) is 5.75 Å². The Morgan fingerprint density at radius 2 is 1.55 bits per heavy atom. The second kappa shape index (κ2) is 13.2. The van der Waals surface area contributed by atoms with Gasteiger partial charge in [-0.25, -0.2) is 0 Å². The molecule has 5 heteroatoms. The maximum absolute atomic E-state index is 11.1. The average molecular weight is 538 g/mol. The van der Waals surface area contributed by atoms with Crippen LogP contribution in [0.3, 0.4) is 0 Å². The number of halogens is 2. The van der Waals surface area contributed by atoms with Crippen LogP contribution in [0.1, 0.15) is 81.8 Å². The van der Waals surface area contributed by atoms with E-state index >= 15 is 0 Å². The fourth-order valence-corrected chi connectivity index (χ4v) is 4.99. The van der Waals surface area contributed by atoms with Crippen molar-refractivity contribution in [2.45, 2.75) is 76.7 Å². The van der Waals surface area contributed by atoms with Crippen molar-refractivity contribution in [3.05, 3.63) is 53.6 Å². The van der Waals surface area contributed by atoms with Gasteiger partial charge in [0.25, 0.3) is 0 Å². The van der Waals surface area contributed by atoms with Crippen LogP contribution >= 0.6 is 17.0 Å². The first-order chi connectivity index (χ1) is 15.1. The van der Waals surface area contributed by atoms with E-state index in [1.807, 2.05) is 6.21 Å². The number of aliphatic imine (C=N–C) groups is 1. The molecule has 1 N–H and O–H groups in total. The Morgan fingerprint density at radius 3 is 2.23 bits per heavy atom. The molecule has 31 heavy (non-hydrogen) atoms. The van der Waals surface area contributed by atoms with E-state index in [0.717, 1.165) is 11.1 Å². The van der Waals surface area contributed by atoms with Crippen LogP contribution < -0.4 is 0 Å². The number of aromatic hydroxyl groups is 1. The first-order valence-electron chi connectivity index (χ1n) is 11.6. The Kier molecular flexibility index (Phi) is 10.6. The number of nitrogens with zero attached hydrogens (tertiary/aromatic N) is 1. The Morgan fingerprint density at radius 1 is 0.903 bits per heavy atom. The number of phenols is 1. The zero-order valence-electron chi connectivity index (χ0n) is 18.4. The van der Waals surface area contributed by atoms with Crippen LogP contribution in [0.2, 0.25) is 0 Å². The molecule has 0 aromatic heterocycles. The summed E-state index contributed by atoms with van der Waals surface area (Å²) >= 11 is -0.826. The van der Waals surface area contributed by atoms with Crippen LogP contribution in [-0.4, -0.2) is 17.4 Å². The number of hydrogen-bond donors (Lipinski definition) is 1. The van der Waals surface area contributed by atoms with Crippen LogP contribution in [0.15, 0.2) is 47.5 Å². The molecule has 0 saturated heterocycles. The van der Waals surface area contributed by atoms with E-state index in [0.29, 0.717) is 23.6 Å². The molecule has 2 aromatic rings. The molecule has 0 aliphatic heterocycles. The monoisotopic (exact) mass is 535 g/mol. The van der Waals surface area contributed by atoms with Crippen LogP contribution in [0.25, 0.3) is 11.1 Å². The summed E-state index contributed by atoms with van der Waals surface area (Å²) in [6.07, 6.45) is 13.2. The molecular formula is C26H33Cl2NOZr.